The lowest BCUT2D eigenvalue weighted by Crippen LogP contribution is -2.41. The number of alkyl carbamates (subject to hydrolysis) is 1. The Hall–Kier alpha value is -1.98. The van der Waals surface area contributed by atoms with Gasteiger partial charge in [0.05, 0.1) is 11.0 Å². The number of hydrogen-bond donors (Lipinski definition) is 2. The van der Waals surface area contributed by atoms with Crippen LogP contribution in [0, 0.1) is 10.1 Å². The zero-order chi connectivity index (χ0) is 21.7. The Bertz CT molecular complexity index is 680. The quantitative estimate of drug-likeness (QED) is 0.274. The molecule has 1 heterocycles. The van der Waals surface area contributed by atoms with Crippen LogP contribution in [0.3, 0.4) is 0 Å². The van der Waals surface area contributed by atoms with Crippen LogP contribution in [0.5, 0.6) is 0 Å². The molecule has 0 spiro atoms. The van der Waals surface area contributed by atoms with E-state index in [-0.39, 0.29) is 18.1 Å². The molecular formula is C17H32N4O6Si. The minimum atomic E-state index is -1.36. The number of rotatable bonds is 9. The molecule has 0 aromatic carbocycles. The number of carbonyl (C=O) groups excluding carboxylic acids is 1. The van der Waals surface area contributed by atoms with E-state index < -0.39 is 36.8 Å². The summed E-state index contributed by atoms with van der Waals surface area (Å²) in [4.78, 5) is 22.6. The second-order valence-corrected chi connectivity index (χ2v) is 14.5. The van der Waals surface area contributed by atoms with Crippen molar-refractivity contribution < 1.29 is 24.3 Å². The van der Waals surface area contributed by atoms with Crippen LogP contribution in [-0.2, 0) is 16.2 Å². The number of nitro groups is 1. The highest BCUT2D eigenvalue weighted by Gasteiger charge is 2.32. The van der Waals surface area contributed by atoms with Gasteiger partial charge < -0.3 is 19.9 Å². The highest BCUT2D eigenvalue weighted by molar-refractivity contribution is 6.76. The molecule has 10 nitrogen and oxygen atoms in total. The molecule has 2 N–H and O–H groups in total. The number of ether oxygens (including phenoxy) is 2. The third kappa shape index (κ3) is 7.95. The smallest absolute Gasteiger partial charge is 0.407 e. The van der Waals surface area contributed by atoms with E-state index in [9.17, 15) is 20.0 Å². The van der Waals surface area contributed by atoms with Gasteiger partial charge in [-0.1, -0.05) is 19.6 Å². The molecule has 0 saturated carbocycles. The number of aromatic nitrogens is 2. The first-order valence-corrected chi connectivity index (χ1v) is 12.9. The number of aliphatic hydroxyl groups excluding tert-OH is 1. The summed E-state index contributed by atoms with van der Waals surface area (Å²) in [5.74, 6) is 0. The van der Waals surface area contributed by atoms with Crippen LogP contribution < -0.4 is 5.32 Å². The molecule has 0 aliphatic heterocycles. The van der Waals surface area contributed by atoms with Crippen molar-refractivity contribution in [2.24, 2.45) is 0 Å². The van der Waals surface area contributed by atoms with E-state index in [0.717, 1.165) is 12.2 Å². The Labute approximate surface area is 166 Å². The fourth-order valence-electron chi connectivity index (χ4n) is 2.27. The third-order valence-corrected chi connectivity index (χ3v) is 5.47. The van der Waals surface area contributed by atoms with E-state index in [2.05, 4.69) is 30.1 Å². The molecule has 11 heteroatoms. The monoisotopic (exact) mass is 416 g/mol. The fraction of sp³-hybridized carbons (Fsp3) is 0.765. The zero-order valence-corrected chi connectivity index (χ0v) is 18.7. The van der Waals surface area contributed by atoms with Crippen LogP contribution in [0.15, 0.2) is 6.20 Å². The molecule has 2 atom stereocenters. The molecule has 0 saturated heterocycles. The maximum absolute atomic E-state index is 11.9. The Morgan fingerprint density at radius 1 is 1.43 bits per heavy atom. The van der Waals surface area contributed by atoms with Crippen molar-refractivity contribution in [1.29, 1.82) is 0 Å². The molecule has 0 aliphatic carbocycles. The summed E-state index contributed by atoms with van der Waals surface area (Å²) in [7, 11) is -1.27. The van der Waals surface area contributed by atoms with E-state index in [1.165, 1.54) is 11.6 Å². The summed E-state index contributed by atoms with van der Waals surface area (Å²) < 4.78 is 12.0. The SMILES string of the molecule is CC(NC(=O)OC(C)(C)C)C(O)c1c([N+](=O)[O-])cnn1COCC[Si](C)(C)C. The van der Waals surface area contributed by atoms with Crippen molar-refractivity contribution in [3.8, 4) is 0 Å². The molecule has 0 bridgehead atoms. The Kier molecular flexibility index (Phi) is 8.14. The van der Waals surface area contributed by atoms with Crippen LogP contribution in [-0.4, -0.2) is 52.2 Å². The van der Waals surface area contributed by atoms with E-state index in [1.54, 1.807) is 20.8 Å². The van der Waals surface area contributed by atoms with Gasteiger partial charge in [0.15, 0.2) is 0 Å². The summed E-state index contributed by atoms with van der Waals surface area (Å²) in [5, 5.41) is 28.4. The lowest BCUT2D eigenvalue weighted by atomic mass is 10.1. The van der Waals surface area contributed by atoms with Crippen LogP contribution in [0.25, 0.3) is 0 Å². The van der Waals surface area contributed by atoms with E-state index in [0.29, 0.717) is 6.61 Å². The molecular weight excluding hydrogens is 384 g/mol. The summed E-state index contributed by atoms with van der Waals surface area (Å²) >= 11 is 0. The average Bonchev–Trinajstić information content (AvgIpc) is 2.91. The Morgan fingerprint density at radius 2 is 2.04 bits per heavy atom. The van der Waals surface area contributed by atoms with Gasteiger partial charge in [0.25, 0.3) is 0 Å². The number of nitrogens with one attached hydrogen (secondary N) is 1. The van der Waals surface area contributed by atoms with Gasteiger partial charge in [-0.15, -0.1) is 0 Å². The fourth-order valence-corrected chi connectivity index (χ4v) is 3.03. The molecule has 160 valence electrons. The molecule has 28 heavy (non-hydrogen) atoms. The van der Waals surface area contributed by atoms with Gasteiger partial charge in [0.1, 0.15) is 30.3 Å². The topological polar surface area (TPSA) is 129 Å². The van der Waals surface area contributed by atoms with Crippen molar-refractivity contribution in [2.75, 3.05) is 6.61 Å². The number of amides is 1. The van der Waals surface area contributed by atoms with Gasteiger partial charge in [0.2, 0.25) is 0 Å². The molecule has 0 radical (unpaired) electrons. The second kappa shape index (κ2) is 9.48. The largest absolute Gasteiger partial charge is 0.444 e. The van der Waals surface area contributed by atoms with Crippen molar-refractivity contribution in [3.63, 3.8) is 0 Å². The number of hydrogen-bond acceptors (Lipinski definition) is 7. The lowest BCUT2D eigenvalue weighted by Gasteiger charge is -2.24. The average molecular weight is 417 g/mol. The maximum atomic E-state index is 11.9. The minimum Gasteiger partial charge on any atom is -0.444 e. The first-order chi connectivity index (χ1) is 12.7. The third-order valence-electron chi connectivity index (χ3n) is 3.76. The van der Waals surface area contributed by atoms with Crippen LogP contribution in [0.2, 0.25) is 25.7 Å². The number of nitrogens with zero attached hydrogens (tertiary/aromatic N) is 3. The summed E-state index contributed by atoms with van der Waals surface area (Å²) in [6.07, 6.45) is -1.02. The zero-order valence-electron chi connectivity index (χ0n) is 17.7. The van der Waals surface area contributed by atoms with Crippen molar-refractivity contribution >= 4 is 19.9 Å². The first kappa shape index (κ1) is 24.1. The molecule has 0 fully saturated rings. The van der Waals surface area contributed by atoms with Gasteiger partial charge in [-0.3, -0.25) is 10.1 Å². The highest BCUT2D eigenvalue weighted by Crippen LogP contribution is 2.27. The predicted octanol–water partition coefficient (Wildman–Crippen LogP) is 3.05. The first-order valence-electron chi connectivity index (χ1n) is 9.16. The Morgan fingerprint density at radius 3 is 2.54 bits per heavy atom. The van der Waals surface area contributed by atoms with Gasteiger partial charge in [-0.2, -0.15) is 5.10 Å². The second-order valence-electron chi connectivity index (χ2n) is 8.90. The summed E-state index contributed by atoms with van der Waals surface area (Å²) in [6, 6.07) is 0.0937. The summed E-state index contributed by atoms with van der Waals surface area (Å²) in [5.41, 5.74) is -1.06. The van der Waals surface area contributed by atoms with E-state index >= 15 is 0 Å². The normalized spacial score (nSPS) is 14.4. The number of aliphatic hydroxyl groups is 1. The summed E-state index contributed by atoms with van der Waals surface area (Å²) in [6.45, 7) is 13.8. The van der Waals surface area contributed by atoms with Gasteiger partial charge in [0, 0.05) is 14.7 Å². The molecule has 1 amide bonds. The highest BCUT2D eigenvalue weighted by atomic mass is 28.3. The Balaban J connectivity index is 2.89. The van der Waals surface area contributed by atoms with Gasteiger partial charge in [-0.05, 0) is 33.7 Å². The lowest BCUT2D eigenvalue weighted by molar-refractivity contribution is -0.386. The standard InChI is InChI=1S/C17H32N4O6Si/c1-12(19-16(23)27-17(2,3)4)15(22)14-13(21(24)25)10-18-20(14)11-26-8-9-28(5,6)7/h10,12,15,22H,8-9,11H2,1-7H3,(H,19,23). The van der Waals surface area contributed by atoms with Crippen LogP contribution >= 0.6 is 0 Å². The van der Waals surface area contributed by atoms with Gasteiger partial charge in [-0.25, -0.2) is 9.48 Å². The molecule has 2 unspecified atom stereocenters. The number of carbonyl (C=O) groups is 1. The molecule has 1 aromatic heterocycles. The van der Waals surface area contributed by atoms with Gasteiger partial charge >= 0.3 is 11.8 Å². The van der Waals surface area contributed by atoms with Crippen molar-refractivity contribution in [1.82, 2.24) is 15.1 Å². The predicted molar refractivity (Wildman–Crippen MR) is 107 cm³/mol. The van der Waals surface area contributed by atoms with Crippen LogP contribution in [0.1, 0.15) is 39.5 Å². The molecule has 0 aliphatic rings. The maximum Gasteiger partial charge on any atom is 0.407 e. The molecule has 1 rings (SSSR count). The van der Waals surface area contributed by atoms with Crippen LogP contribution in [0.4, 0.5) is 10.5 Å². The van der Waals surface area contributed by atoms with Crippen molar-refractivity contribution in [2.45, 2.75) is 77.9 Å². The van der Waals surface area contributed by atoms with Crippen molar-refractivity contribution in [3.05, 3.63) is 22.0 Å². The molecule has 1 aromatic rings. The van der Waals surface area contributed by atoms with E-state index in [1.807, 2.05) is 0 Å². The minimum absolute atomic E-state index is 0.0239. The van der Waals surface area contributed by atoms with E-state index in [4.69, 9.17) is 9.47 Å².